The number of phenolic OH excluding ortho intramolecular Hbond substituents is 1. The highest BCUT2D eigenvalue weighted by Crippen LogP contribution is 2.44. The Labute approximate surface area is 189 Å². The molecule has 2 atom stereocenters. The van der Waals surface area contributed by atoms with E-state index in [2.05, 4.69) is 5.10 Å². The van der Waals surface area contributed by atoms with Crippen LogP contribution in [-0.4, -0.2) is 34.3 Å². The number of aromatic hydroxyl groups is 1. The van der Waals surface area contributed by atoms with Gasteiger partial charge in [0.1, 0.15) is 23.3 Å². The Morgan fingerprint density at radius 2 is 1.91 bits per heavy atom. The van der Waals surface area contributed by atoms with Crippen molar-refractivity contribution in [3.8, 4) is 5.75 Å². The number of furan rings is 2. The average Bonchev–Trinajstić information content (AvgIpc) is 3.58. The summed E-state index contributed by atoms with van der Waals surface area (Å²) in [7, 11) is 0. The number of hydrogen-bond acceptors (Lipinski definition) is 7. The molecule has 3 heterocycles. The van der Waals surface area contributed by atoms with Gasteiger partial charge in [-0.25, -0.2) is 9.80 Å². The number of esters is 1. The summed E-state index contributed by atoms with van der Waals surface area (Å²) in [5.74, 6) is 0.288. The first-order valence-electron chi connectivity index (χ1n) is 10.7. The van der Waals surface area contributed by atoms with Gasteiger partial charge in [0.15, 0.2) is 6.61 Å². The normalized spacial score (nSPS) is 21.0. The lowest BCUT2D eigenvalue weighted by Gasteiger charge is -2.27. The molecule has 8 heteroatoms. The number of fused-ring (bicyclic) bond motifs is 1. The minimum Gasteiger partial charge on any atom is -0.508 e. The van der Waals surface area contributed by atoms with Crippen molar-refractivity contribution in [2.75, 3.05) is 6.61 Å². The molecule has 168 valence electrons. The highest BCUT2D eigenvalue weighted by molar-refractivity contribution is 6.08. The van der Waals surface area contributed by atoms with E-state index in [9.17, 15) is 14.7 Å². The van der Waals surface area contributed by atoms with Crippen LogP contribution in [0.3, 0.4) is 0 Å². The lowest BCUT2D eigenvalue weighted by molar-refractivity contribution is -0.137. The Morgan fingerprint density at radius 1 is 1.12 bits per heavy atom. The summed E-state index contributed by atoms with van der Waals surface area (Å²) >= 11 is 0. The maximum atomic E-state index is 13.1. The van der Waals surface area contributed by atoms with Crippen LogP contribution in [0.15, 0.2) is 80.6 Å². The average molecular weight is 446 g/mol. The Morgan fingerprint density at radius 3 is 2.64 bits per heavy atom. The number of nitrogens with zero attached hydrogens (tertiary/aromatic N) is 2. The molecule has 3 aromatic rings. The fourth-order valence-corrected chi connectivity index (χ4v) is 4.36. The van der Waals surface area contributed by atoms with Gasteiger partial charge in [0.2, 0.25) is 0 Å². The fraction of sp³-hybridized carbons (Fsp3) is 0.240. The summed E-state index contributed by atoms with van der Waals surface area (Å²) in [6.07, 6.45) is 7.79. The second kappa shape index (κ2) is 8.82. The van der Waals surface area contributed by atoms with Gasteiger partial charge in [0.05, 0.1) is 23.8 Å². The van der Waals surface area contributed by atoms with Crippen molar-refractivity contribution < 1.29 is 28.3 Å². The Bertz CT molecular complexity index is 1190. The van der Waals surface area contributed by atoms with Crippen molar-refractivity contribution in [3.05, 3.63) is 83.7 Å². The van der Waals surface area contributed by atoms with Crippen LogP contribution in [0.5, 0.6) is 5.75 Å². The second-order valence-corrected chi connectivity index (χ2v) is 7.99. The van der Waals surface area contributed by atoms with Gasteiger partial charge in [-0.05, 0) is 79.4 Å². The van der Waals surface area contributed by atoms with Gasteiger partial charge < -0.3 is 18.7 Å². The molecule has 1 fully saturated rings. The largest absolute Gasteiger partial charge is 0.508 e. The van der Waals surface area contributed by atoms with E-state index in [0.29, 0.717) is 5.76 Å². The summed E-state index contributed by atoms with van der Waals surface area (Å²) in [6, 6.07) is 12.5. The van der Waals surface area contributed by atoms with E-state index >= 15 is 0 Å². The van der Waals surface area contributed by atoms with Gasteiger partial charge in [-0.3, -0.25) is 4.79 Å². The molecular formula is C25H22N2O6. The maximum Gasteiger partial charge on any atom is 0.338 e. The molecule has 1 aromatic carbocycles. The van der Waals surface area contributed by atoms with E-state index in [0.717, 1.165) is 36.3 Å². The van der Waals surface area contributed by atoms with Gasteiger partial charge in [-0.2, -0.15) is 5.10 Å². The highest BCUT2D eigenvalue weighted by Gasteiger charge is 2.45. The van der Waals surface area contributed by atoms with Gasteiger partial charge in [0.25, 0.3) is 5.91 Å². The number of hydrazone groups is 1. The summed E-state index contributed by atoms with van der Waals surface area (Å²) < 4.78 is 16.4. The lowest BCUT2D eigenvalue weighted by Crippen LogP contribution is -2.34. The predicted molar refractivity (Wildman–Crippen MR) is 118 cm³/mol. The van der Waals surface area contributed by atoms with Crippen LogP contribution in [0.1, 0.15) is 47.2 Å². The van der Waals surface area contributed by atoms with Crippen LogP contribution in [0.25, 0.3) is 6.08 Å². The monoisotopic (exact) mass is 446 g/mol. The molecule has 2 aliphatic rings. The zero-order chi connectivity index (χ0) is 22.8. The third kappa shape index (κ3) is 4.19. The molecule has 1 N–H and O–H groups in total. The smallest absolute Gasteiger partial charge is 0.338 e. The quantitative estimate of drug-likeness (QED) is 0.576. The number of allylic oxidation sites excluding steroid dienone is 1. The number of carbonyl (C=O) groups is 2. The van der Waals surface area contributed by atoms with Gasteiger partial charge >= 0.3 is 5.97 Å². The van der Waals surface area contributed by atoms with Crippen molar-refractivity contribution in [2.45, 2.75) is 25.3 Å². The Balaban J connectivity index is 1.39. The Kier molecular flexibility index (Phi) is 5.56. The molecule has 1 saturated carbocycles. The minimum atomic E-state index is -0.652. The molecule has 0 radical (unpaired) electrons. The SMILES string of the molecule is O=C(OCC(=O)N1N=C2C(=Cc3ccco3)CCCC2C1c1ccco1)c1ccc(O)cc1. The third-order valence-electron chi connectivity index (χ3n) is 5.88. The van der Waals surface area contributed by atoms with E-state index in [1.165, 1.54) is 29.3 Å². The second-order valence-electron chi connectivity index (χ2n) is 7.99. The number of rotatable bonds is 5. The van der Waals surface area contributed by atoms with Crippen molar-refractivity contribution in [2.24, 2.45) is 11.0 Å². The first-order chi connectivity index (χ1) is 16.1. The number of ether oxygens (including phenoxy) is 1. The maximum absolute atomic E-state index is 13.1. The molecule has 0 spiro atoms. The van der Waals surface area contributed by atoms with Crippen LogP contribution in [0.2, 0.25) is 0 Å². The number of carbonyl (C=O) groups excluding carboxylic acids is 2. The van der Waals surface area contributed by atoms with Crippen molar-refractivity contribution >= 4 is 23.7 Å². The molecule has 33 heavy (non-hydrogen) atoms. The molecule has 0 bridgehead atoms. The lowest BCUT2D eigenvalue weighted by atomic mass is 9.79. The van der Waals surface area contributed by atoms with E-state index in [1.807, 2.05) is 24.3 Å². The molecule has 1 aliphatic carbocycles. The van der Waals surface area contributed by atoms with Crippen molar-refractivity contribution in [3.63, 3.8) is 0 Å². The van der Waals surface area contributed by atoms with E-state index in [-0.39, 0.29) is 17.2 Å². The van der Waals surface area contributed by atoms with Crippen molar-refractivity contribution in [1.82, 2.24) is 5.01 Å². The summed E-state index contributed by atoms with van der Waals surface area (Å²) in [5, 5.41) is 15.4. The third-order valence-corrected chi connectivity index (χ3v) is 5.88. The predicted octanol–water partition coefficient (Wildman–Crippen LogP) is 4.56. The summed E-state index contributed by atoms with van der Waals surface area (Å²) in [6.45, 7) is -0.461. The van der Waals surface area contributed by atoms with Crippen LogP contribution >= 0.6 is 0 Å². The molecule has 1 aliphatic heterocycles. The van der Waals surface area contributed by atoms with Crippen LogP contribution in [-0.2, 0) is 9.53 Å². The number of benzene rings is 1. The molecule has 5 rings (SSSR count). The van der Waals surface area contributed by atoms with Crippen LogP contribution in [0.4, 0.5) is 0 Å². The van der Waals surface area contributed by atoms with E-state index in [4.69, 9.17) is 13.6 Å². The Hall–Kier alpha value is -4.07. The van der Waals surface area contributed by atoms with Crippen LogP contribution in [0, 0.1) is 5.92 Å². The van der Waals surface area contributed by atoms with Crippen molar-refractivity contribution in [1.29, 1.82) is 0 Å². The topological polar surface area (TPSA) is 105 Å². The van der Waals surface area contributed by atoms with E-state index in [1.54, 1.807) is 18.6 Å². The standard InChI is InChI=1S/C25H22N2O6/c28-18-10-8-16(9-11-18)25(30)33-15-22(29)27-24(21-7-3-13-32-21)20-6-1-4-17(23(20)26-27)14-19-5-2-12-31-19/h2-3,5,7-14,20,24,28H,1,4,6,15H2. The molecular weight excluding hydrogens is 424 g/mol. The minimum absolute atomic E-state index is 0.0251. The van der Waals surface area contributed by atoms with E-state index < -0.39 is 24.5 Å². The molecule has 2 unspecified atom stereocenters. The first kappa shape index (κ1) is 20.8. The summed E-state index contributed by atoms with van der Waals surface area (Å²) in [5.41, 5.74) is 2.10. The molecule has 0 saturated heterocycles. The van der Waals surface area contributed by atoms with Gasteiger partial charge in [-0.1, -0.05) is 0 Å². The van der Waals surface area contributed by atoms with Gasteiger partial charge in [-0.15, -0.1) is 0 Å². The molecule has 8 nitrogen and oxygen atoms in total. The highest BCUT2D eigenvalue weighted by atomic mass is 16.5. The van der Waals surface area contributed by atoms with Gasteiger partial charge in [0, 0.05) is 5.92 Å². The van der Waals surface area contributed by atoms with Crippen LogP contribution < -0.4 is 0 Å². The zero-order valence-electron chi connectivity index (χ0n) is 17.7. The molecule has 1 amide bonds. The fourth-order valence-electron chi connectivity index (χ4n) is 4.36. The molecule has 2 aromatic heterocycles. The summed E-state index contributed by atoms with van der Waals surface area (Å²) in [4.78, 5) is 25.4. The zero-order valence-corrected chi connectivity index (χ0v) is 17.7. The number of hydrogen-bond donors (Lipinski definition) is 1. The number of phenols is 1. The first-order valence-corrected chi connectivity index (χ1v) is 10.7. The number of amides is 1.